The summed E-state index contributed by atoms with van der Waals surface area (Å²) in [6.07, 6.45) is 0.137. The predicted molar refractivity (Wildman–Crippen MR) is 88.0 cm³/mol. The second-order valence-electron chi connectivity index (χ2n) is 4.55. The smallest absolute Gasteiger partial charge is 0.311 e. The van der Waals surface area contributed by atoms with Crippen LogP contribution in [0.3, 0.4) is 0 Å². The lowest BCUT2D eigenvalue weighted by Gasteiger charge is -2.01. The van der Waals surface area contributed by atoms with Crippen LogP contribution in [0.15, 0.2) is 28.4 Å². The van der Waals surface area contributed by atoms with Gasteiger partial charge in [0.2, 0.25) is 0 Å². The number of thiazole rings is 2. The highest BCUT2D eigenvalue weighted by molar-refractivity contribution is 7.16. The lowest BCUT2D eigenvalue weighted by molar-refractivity contribution is -0.139. The molecule has 0 saturated heterocycles. The number of ether oxygens (including phenoxy) is 1. The molecule has 3 rings (SSSR count). The van der Waals surface area contributed by atoms with Gasteiger partial charge in [-0.15, -0.1) is 11.3 Å². The van der Waals surface area contributed by atoms with Crippen molar-refractivity contribution in [2.24, 2.45) is 0 Å². The van der Waals surface area contributed by atoms with Gasteiger partial charge in [-0.3, -0.25) is 14.2 Å². The molecule has 5 nitrogen and oxygen atoms in total. The molecule has 0 saturated carbocycles. The average molecular weight is 355 g/mol. The highest BCUT2D eigenvalue weighted by Crippen LogP contribution is 2.23. The van der Waals surface area contributed by atoms with Crippen molar-refractivity contribution in [1.29, 1.82) is 0 Å². The van der Waals surface area contributed by atoms with Gasteiger partial charge in [-0.1, -0.05) is 22.9 Å². The van der Waals surface area contributed by atoms with Crippen molar-refractivity contribution >= 4 is 50.5 Å². The highest BCUT2D eigenvalue weighted by Gasteiger charge is 2.12. The largest absolute Gasteiger partial charge is 0.469 e. The number of esters is 1. The molecule has 0 amide bonds. The normalized spacial score (nSPS) is 11.0. The van der Waals surface area contributed by atoms with Crippen LogP contribution in [0.5, 0.6) is 0 Å². The van der Waals surface area contributed by atoms with Crippen LogP contribution in [-0.2, 0) is 22.5 Å². The maximum atomic E-state index is 12.1. The molecular formula is C14H11ClN2O3S2. The summed E-state index contributed by atoms with van der Waals surface area (Å²) < 4.78 is 7.15. The van der Waals surface area contributed by atoms with E-state index in [2.05, 4.69) is 9.72 Å². The highest BCUT2D eigenvalue weighted by atomic mass is 35.5. The van der Waals surface area contributed by atoms with Gasteiger partial charge in [0.1, 0.15) is 5.01 Å². The van der Waals surface area contributed by atoms with Crippen molar-refractivity contribution in [3.05, 3.63) is 49.0 Å². The van der Waals surface area contributed by atoms with Gasteiger partial charge in [0.05, 0.1) is 36.0 Å². The lowest BCUT2D eigenvalue weighted by atomic mass is 10.3. The third-order valence-corrected chi connectivity index (χ3v) is 5.15. The molecule has 0 radical (unpaired) electrons. The lowest BCUT2D eigenvalue weighted by Crippen LogP contribution is -2.13. The average Bonchev–Trinajstić information content (AvgIpc) is 3.05. The van der Waals surface area contributed by atoms with Gasteiger partial charge in [0.25, 0.3) is 0 Å². The van der Waals surface area contributed by atoms with Crippen molar-refractivity contribution < 1.29 is 9.53 Å². The minimum absolute atomic E-state index is 0.0537. The molecule has 8 heteroatoms. The fraction of sp³-hybridized carbons (Fsp3) is 0.214. The first-order chi connectivity index (χ1) is 10.6. The number of benzene rings is 1. The van der Waals surface area contributed by atoms with E-state index in [1.54, 1.807) is 22.1 Å². The molecule has 0 bridgehead atoms. The van der Waals surface area contributed by atoms with Crippen LogP contribution in [0.25, 0.3) is 10.2 Å². The number of nitrogens with zero attached hydrogens (tertiary/aromatic N) is 2. The Morgan fingerprint density at radius 3 is 3.05 bits per heavy atom. The molecule has 0 aliphatic heterocycles. The standard InChI is InChI=1S/C14H11ClN2O3S2/c1-20-13(18)5-9-7-21-12(16-9)6-17-10-4-8(15)2-3-11(10)22-14(17)19/h2-4,7H,5-6H2,1H3. The van der Waals surface area contributed by atoms with E-state index in [1.807, 2.05) is 6.07 Å². The van der Waals surface area contributed by atoms with E-state index in [1.165, 1.54) is 29.8 Å². The number of methoxy groups -OCH3 is 1. The number of rotatable bonds is 4. The first kappa shape index (κ1) is 15.2. The zero-order chi connectivity index (χ0) is 15.7. The van der Waals surface area contributed by atoms with Gasteiger partial charge < -0.3 is 4.74 Å². The van der Waals surface area contributed by atoms with Crippen LogP contribution in [0, 0.1) is 0 Å². The van der Waals surface area contributed by atoms with E-state index in [0.717, 1.165) is 15.2 Å². The maximum Gasteiger partial charge on any atom is 0.311 e. The Morgan fingerprint density at radius 2 is 2.27 bits per heavy atom. The number of carbonyl (C=O) groups is 1. The van der Waals surface area contributed by atoms with Crippen LogP contribution in [0.1, 0.15) is 10.7 Å². The second kappa shape index (κ2) is 6.20. The molecule has 1 aromatic carbocycles. The molecule has 3 aromatic rings. The summed E-state index contributed by atoms with van der Waals surface area (Å²) in [4.78, 5) is 27.7. The number of hydrogen-bond donors (Lipinski definition) is 0. The molecular weight excluding hydrogens is 344 g/mol. The Hall–Kier alpha value is -1.70. The zero-order valence-corrected chi connectivity index (χ0v) is 13.9. The van der Waals surface area contributed by atoms with Crippen LogP contribution in [0.2, 0.25) is 5.02 Å². The minimum atomic E-state index is -0.332. The van der Waals surface area contributed by atoms with Crippen LogP contribution >= 0.6 is 34.3 Å². The van der Waals surface area contributed by atoms with Crippen molar-refractivity contribution in [3.63, 3.8) is 0 Å². The quantitative estimate of drug-likeness (QED) is 0.676. The van der Waals surface area contributed by atoms with Gasteiger partial charge in [-0.05, 0) is 18.2 Å². The number of fused-ring (bicyclic) bond motifs is 1. The summed E-state index contributed by atoms with van der Waals surface area (Å²) in [6.45, 7) is 0.366. The molecule has 0 fully saturated rings. The fourth-order valence-electron chi connectivity index (χ4n) is 2.04. The fourth-order valence-corrected chi connectivity index (χ4v) is 3.86. The van der Waals surface area contributed by atoms with Crippen LogP contribution in [0.4, 0.5) is 0 Å². The van der Waals surface area contributed by atoms with Crippen molar-refractivity contribution in [2.75, 3.05) is 7.11 Å². The molecule has 114 valence electrons. The number of hydrogen-bond acceptors (Lipinski definition) is 6. The van der Waals surface area contributed by atoms with Crippen molar-refractivity contribution in [3.8, 4) is 0 Å². The van der Waals surface area contributed by atoms with E-state index in [0.29, 0.717) is 17.3 Å². The van der Waals surface area contributed by atoms with E-state index in [4.69, 9.17) is 11.6 Å². The summed E-state index contributed by atoms with van der Waals surface area (Å²) in [6, 6.07) is 5.38. The number of aromatic nitrogens is 2. The third-order valence-electron chi connectivity index (χ3n) is 3.08. The van der Waals surface area contributed by atoms with E-state index in [9.17, 15) is 9.59 Å². The summed E-state index contributed by atoms with van der Waals surface area (Å²) in [5, 5.41) is 3.16. The topological polar surface area (TPSA) is 61.2 Å². The number of halogens is 1. The molecule has 0 N–H and O–H groups in total. The monoisotopic (exact) mass is 354 g/mol. The Balaban J connectivity index is 1.90. The molecule has 0 aliphatic carbocycles. The minimum Gasteiger partial charge on any atom is -0.469 e. The van der Waals surface area contributed by atoms with Crippen LogP contribution < -0.4 is 4.87 Å². The van der Waals surface area contributed by atoms with Gasteiger partial charge in [-0.25, -0.2) is 4.98 Å². The summed E-state index contributed by atoms with van der Waals surface area (Å²) in [5.41, 5.74) is 1.45. The predicted octanol–water partition coefficient (Wildman–Crippen LogP) is 2.94. The number of carbonyl (C=O) groups excluding carboxylic acids is 1. The summed E-state index contributed by atoms with van der Waals surface area (Å²) in [7, 11) is 1.34. The van der Waals surface area contributed by atoms with Gasteiger partial charge in [-0.2, -0.15) is 0 Å². The molecule has 2 heterocycles. The van der Waals surface area contributed by atoms with Gasteiger partial charge in [0.15, 0.2) is 0 Å². The third kappa shape index (κ3) is 3.06. The Labute approximate surface area is 138 Å². The SMILES string of the molecule is COC(=O)Cc1csc(Cn2c(=O)sc3ccc(Cl)cc32)n1. The van der Waals surface area contributed by atoms with E-state index in [-0.39, 0.29) is 17.3 Å². The molecule has 0 atom stereocenters. The van der Waals surface area contributed by atoms with E-state index >= 15 is 0 Å². The summed E-state index contributed by atoms with van der Waals surface area (Å²) in [5.74, 6) is -0.332. The first-order valence-electron chi connectivity index (χ1n) is 6.36. The second-order valence-corrected chi connectivity index (χ2v) is 6.92. The van der Waals surface area contributed by atoms with Crippen molar-refractivity contribution in [2.45, 2.75) is 13.0 Å². The van der Waals surface area contributed by atoms with Crippen LogP contribution in [-0.4, -0.2) is 22.6 Å². The molecule has 0 spiro atoms. The maximum absolute atomic E-state index is 12.1. The molecule has 0 aliphatic rings. The molecule has 0 unspecified atom stereocenters. The summed E-state index contributed by atoms with van der Waals surface area (Å²) >= 11 is 8.60. The van der Waals surface area contributed by atoms with Gasteiger partial charge >= 0.3 is 10.8 Å². The van der Waals surface area contributed by atoms with Crippen molar-refractivity contribution in [1.82, 2.24) is 9.55 Å². The molecule has 2 aromatic heterocycles. The first-order valence-corrected chi connectivity index (χ1v) is 8.43. The zero-order valence-electron chi connectivity index (χ0n) is 11.5. The Bertz CT molecular complexity index is 897. The van der Waals surface area contributed by atoms with E-state index < -0.39 is 0 Å². The molecule has 22 heavy (non-hydrogen) atoms. The Kier molecular flexibility index (Phi) is 4.28. The van der Waals surface area contributed by atoms with Gasteiger partial charge in [0, 0.05) is 10.4 Å². The Morgan fingerprint density at radius 1 is 1.45 bits per heavy atom.